The van der Waals surface area contributed by atoms with Crippen LogP contribution >= 0.6 is 0 Å². The second kappa shape index (κ2) is 11.7. The van der Waals surface area contributed by atoms with Gasteiger partial charge >= 0.3 is 0 Å². The summed E-state index contributed by atoms with van der Waals surface area (Å²) in [6.07, 6.45) is 17.4. The van der Waals surface area contributed by atoms with E-state index < -0.39 is 0 Å². The number of methoxy groups -OCH3 is 1. The highest BCUT2D eigenvalue weighted by Crippen LogP contribution is 2.42. The van der Waals surface area contributed by atoms with E-state index in [4.69, 9.17) is 14.2 Å². The van der Waals surface area contributed by atoms with Crippen molar-refractivity contribution < 1.29 is 14.2 Å². The van der Waals surface area contributed by atoms with Gasteiger partial charge < -0.3 is 14.2 Å². The number of unbranched alkanes of at least 4 members (excludes halogenated alkanes) is 5. The number of rotatable bonds is 15. The summed E-state index contributed by atoms with van der Waals surface area (Å²) in [6, 6.07) is 0. The van der Waals surface area contributed by atoms with Crippen LogP contribution in [0.4, 0.5) is 0 Å². The zero-order chi connectivity index (χ0) is 18.8. The van der Waals surface area contributed by atoms with Gasteiger partial charge in [0, 0.05) is 7.11 Å². The molecule has 1 heterocycles. The van der Waals surface area contributed by atoms with Crippen LogP contribution in [0.25, 0.3) is 0 Å². The molecule has 3 nitrogen and oxygen atoms in total. The summed E-state index contributed by atoms with van der Waals surface area (Å²) in [6.45, 7) is 8.28. The quantitative estimate of drug-likeness (QED) is 0.257. The summed E-state index contributed by atoms with van der Waals surface area (Å²) >= 11 is 0. The normalized spacial score (nSPS) is 26.5. The number of epoxide rings is 1. The lowest BCUT2D eigenvalue weighted by Crippen LogP contribution is -2.36. The van der Waals surface area contributed by atoms with Gasteiger partial charge in [0.15, 0.2) is 0 Å². The van der Waals surface area contributed by atoms with E-state index >= 15 is 0 Å². The monoisotopic (exact) mass is 368 g/mol. The van der Waals surface area contributed by atoms with E-state index in [9.17, 15) is 0 Å². The maximum atomic E-state index is 6.25. The predicted molar refractivity (Wildman–Crippen MR) is 109 cm³/mol. The molecule has 1 aliphatic heterocycles. The molecule has 3 heteroatoms. The Morgan fingerprint density at radius 2 is 1.73 bits per heavy atom. The molecule has 2 aliphatic rings. The van der Waals surface area contributed by atoms with Crippen molar-refractivity contribution in [2.45, 2.75) is 116 Å². The average Bonchev–Trinajstić information content (AvgIpc) is 3.39. The van der Waals surface area contributed by atoms with Gasteiger partial charge in [0.05, 0.1) is 31.0 Å². The third-order valence-electron chi connectivity index (χ3n) is 6.69. The molecule has 2 fully saturated rings. The third kappa shape index (κ3) is 7.86. The number of fused-ring (bicyclic) bond motifs is 1. The third-order valence-corrected chi connectivity index (χ3v) is 6.69. The van der Waals surface area contributed by atoms with Gasteiger partial charge in [-0.05, 0) is 64.2 Å². The fourth-order valence-electron chi connectivity index (χ4n) is 4.70. The maximum Gasteiger partial charge on any atom is 0.0844 e. The number of ether oxygens (including phenoxy) is 3. The molecule has 4 atom stereocenters. The lowest BCUT2D eigenvalue weighted by molar-refractivity contribution is -0.0810. The molecule has 0 bridgehead atoms. The number of hydrogen-bond donors (Lipinski definition) is 0. The van der Waals surface area contributed by atoms with E-state index in [0.29, 0.717) is 31.3 Å². The van der Waals surface area contributed by atoms with Gasteiger partial charge in [0.1, 0.15) is 0 Å². The fourth-order valence-corrected chi connectivity index (χ4v) is 4.70. The van der Waals surface area contributed by atoms with Crippen LogP contribution in [0.2, 0.25) is 0 Å². The topological polar surface area (TPSA) is 31.0 Å². The van der Waals surface area contributed by atoms with Gasteiger partial charge in [-0.2, -0.15) is 0 Å². The molecular weight excluding hydrogens is 324 g/mol. The highest BCUT2D eigenvalue weighted by molar-refractivity contribution is 4.92. The first-order valence-electron chi connectivity index (χ1n) is 11.3. The highest BCUT2D eigenvalue weighted by atomic mass is 16.6. The lowest BCUT2D eigenvalue weighted by atomic mass is 9.78. The van der Waals surface area contributed by atoms with Crippen LogP contribution in [-0.4, -0.2) is 38.1 Å². The van der Waals surface area contributed by atoms with E-state index in [1.54, 1.807) is 7.11 Å². The van der Waals surface area contributed by atoms with Crippen molar-refractivity contribution in [1.29, 1.82) is 0 Å². The molecule has 0 aromatic heterocycles. The Labute approximate surface area is 162 Å². The molecule has 0 N–H and O–H groups in total. The van der Waals surface area contributed by atoms with Crippen LogP contribution in [0.1, 0.15) is 97.8 Å². The van der Waals surface area contributed by atoms with Crippen LogP contribution < -0.4 is 0 Å². The maximum absolute atomic E-state index is 6.25. The molecule has 0 aromatic rings. The van der Waals surface area contributed by atoms with Crippen LogP contribution in [0.5, 0.6) is 0 Å². The summed E-state index contributed by atoms with van der Waals surface area (Å²) < 4.78 is 17.2. The standard InChI is InChI=1S/C23H44O3/c1-5-6-7-8-9-10-11-20(23(2,3)25-17-16-24-4)14-12-19-13-15-21-22(18-19)26-21/h19-22H,5-18H2,1-4H3. The minimum absolute atomic E-state index is 0.0464. The first-order chi connectivity index (χ1) is 12.6. The van der Waals surface area contributed by atoms with Crippen LogP contribution in [0.15, 0.2) is 0 Å². The molecule has 4 unspecified atom stereocenters. The summed E-state index contributed by atoms with van der Waals surface area (Å²) in [5, 5.41) is 0. The van der Waals surface area contributed by atoms with Gasteiger partial charge in [-0.15, -0.1) is 0 Å². The molecule has 1 aliphatic carbocycles. The summed E-state index contributed by atoms with van der Waals surface area (Å²) in [5.41, 5.74) is -0.0464. The first kappa shape index (κ1) is 22.2. The Bertz CT molecular complexity index is 368. The Kier molecular flexibility index (Phi) is 9.94. The molecular formula is C23H44O3. The first-order valence-corrected chi connectivity index (χ1v) is 11.3. The van der Waals surface area contributed by atoms with Crippen molar-refractivity contribution in [3.8, 4) is 0 Å². The molecule has 0 aromatic carbocycles. The molecule has 1 saturated heterocycles. The zero-order valence-electron chi connectivity index (χ0n) is 17.9. The smallest absolute Gasteiger partial charge is 0.0844 e. The minimum atomic E-state index is -0.0464. The number of hydrogen-bond acceptors (Lipinski definition) is 3. The largest absolute Gasteiger partial charge is 0.382 e. The van der Waals surface area contributed by atoms with Crippen molar-refractivity contribution >= 4 is 0 Å². The van der Waals surface area contributed by atoms with Gasteiger partial charge in [-0.1, -0.05) is 45.4 Å². The Balaban J connectivity index is 1.74. The van der Waals surface area contributed by atoms with Crippen molar-refractivity contribution in [2.75, 3.05) is 20.3 Å². The summed E-state index contributed by atoms with van der Waals surface area (Å²) in [4.78, 5) is 0. The fraction of sp³-hybridized carbons (Fsp3) is 1.00. The second-order valence-electron chi connectivity index (χ2n) is 9.17. The Morgan fingerprint density at radius 1 is 0.962 bits per heavy atom. The van der Waals surface area contributed by atoms with E-state index in [0.717, 1.165) is 5.92 Å². The second-order valence-corrected chi connectivity index (χ2v) is 9.17. The highest BCUT2D eigenvalue weighted by Gasteiger charge is 2.43. The van der Waals surface area contributed by atoms with Crippen LogP contribution in [0.3, 0.4) is 0 Å². The van der Waals surface area contributed by atoms with Crippen molar-refractivity contribution in [2.24, 2.45) is 11.8 Å². The molecule has 2 rings (SSSR count). The van der Waals surface area contributed by atoms with Gasteiger partial charge in [-0.25, -0.2) is 0 Å². The van der Waals surface area contributed by atoms with Crippen molar-refractivity contribution in [1.82, 2.24) is 0 Å². The van der Waals surface area contributed by atoms with E-state index in [1.165, 1.54) is 77.0 Å². The molecule has 0 spiro atoms. The summed E-state index contributed by atoms with van der Waals surface area (Å²) in [5.74, 6) is 1.53. The van der Waals surface area contributed by atoms with Crippen molar-refractivity contribution in [3.05, 3.63) is 0 Å². The van der Waals surface area contributed by atoms with E-state index in [-0.39, 0.29) is 5.60 Å². The molecule has 154 valence electrons. The minimum Gasteiger partial charge on any atom is -0.382 e. The molecule has 0 amide bonds. The average molecular weight is 369 g/mol. The Morgan fingerprint density at radius 3 is 2.46 bits per heavy atom. The van der Waals surface area contributed by atoms with Crippen molar-refractivity contribution in [3.63, 3.8) is 0 Å². The van der Waals surface area contributed by atoms with Gasteiger partial charge in [0.25, 0.3) is 0 Å². The van der Waals surface area contributed by atoms with Crippen LogP contribution in [-0.2, 0) is 14.2 Å². The SMILES string of the molecule is CCCCCCCCC(CCC1CCC2OC2C1)C(C)(C)OCCOC. The lowest BCUT2D eigenvalue weighted by Gasteiger charge is -2.36. The summed E-state index contributed by atoms with van der Waals surface area (Å²) in [7, 11) is 1.75. The van der Waals surface area contributed by atoms with E-state index in [2.05, 4.69) is 20.8 Å². The van der Waals surface area contributed by atoms with Crippen LogP contribution in [0, 0.1) is 11.8 Å². The predicted octanol–water partition coefficient (Wildman–Crippen LogP) is 6.14. The Hall–Kier alpha value is -0.120. The van der Waals surface area contributed by atoms with E-state index in [1.807, 2.05) is 0 Å². The van der Waals surface area contributed by atoms with Gasteiger partial charge in [-0.3, -0.25) is 0 Å². The zero-order valence-corrected chi connectivity index (χ0v) is 17.9. The molecule has 1 saturated carbocycles. The van der Waals surface area contributed by atoms with Gasteiger partial charge in [0.2, 0.25) is 0 Å². The molecule has 26 heavy (non-hydrogen) atoms. The molecule has 0 radical (unpaired) electrons.